The predicted octanol–water partition coefficient (Wildman–Crippen LogP) is 4.66. The van der Waals surface area contributed by atoms with Gasteiger partial charge >= 0.3 is 6.18 Å². The van der Waals surface area contributed by atoms with Crippen LogP contribution in [0.4, 0.5) is 13.2 Å². The molecule has 3 rings (SSSR count). The van der Waals surface area contributed by atoms with Crippen LogP contribution in [0.5, 0.6) is 5.75 Å². The first-order valence-electron chi connectivity index (χ1n) is 8.64. The van der Waals surface area contributed by atoms with Gasteiger partial charge in [0.1, 0.15) is 12.4 Å². The molecule has 0 bridgehead atoms. The van der Waals surface area contributed by atoms with E-state index in [1.807, 2.05) is 6.92 Å². The van der Waals surface area contributed by atoms with Gasteiger partial charge in [-0.1, -0.05) is 35.4 Å². The summed E-state index contributed by atoms with van der Waals surface area (Å²) >= 11 is 5.84. The van der Waals surface area contributed by atoms with Crippen LogP contribution in [-0.4, -0.2) is 28.8 Å². The molecule has 0 aliphatic rings. The lowest BCUT2D eigenvalue weighted by atomic mass is 10.2. The SMILES string of the molecule is Cc1ccc(-n2ncc(C(=O)NCCOc3cccc(Cl)c3)c2C(F)(F)F)cc1. The number of hydrogen-bond acceptors (Lipinski definition) is 3. The molecule has 0 saturated heterocycles. The topological polar surface area (TPSA) is 56.2 Å². The summed E-state index contributed by atoms with van der Waals surface area (Å²) in [6.45, 7) is 1.90. The number of hydrogen-bond donors (Lipinski definition) is 1. The van der Waals surface area contributed by atoms with Crippen molar-refractivity contribution < 1.29 is 22.7 Å². The van der Waals surface area contributed by atoms with Crippen molar-refractivity contribution in [1.29, 1.82) is 0 Å². The summed E-state index contributed by atoms with van der Waals surface area (Å²) in [5.41, 5.74) is -0.575. The summed E-state index contributed by atoms with van der Waals surface area (Å²) < 4.78 is 47.0. The molecule has 0 aliphatic carbocycles. The minimum atomic E-state index is -4.76. The summed E-state index contributed by atoms with van der Waals surface area (Å²) in [5, 5.41) is 6.69. The molecule has 29 heavy (non-hydrogen) atoms. The molecular weight excluding hydrogens is 407 g/mol. The highest BCUT2D eigenvalue weighted by Gasteiger charge is 2.40. The fraction of sp³-hybridized carbons (Fsp3) is 0.200. The zero-order valence-corrected chi connectivity index (χ0v) is 16.1. The van der Waals surface area contributed by atoms with E-state index in [-0.39, 0.29) is 18.8 Å². The zero-order chi connectivity index (χ0) is 21.0. The van der Waals surface area contributed by atoms with Gasteiger partial charge in [-0.3, -0.25) is 4.79 Å². The second-order valence-electron chi connectivity index (χ2n) is 6.21. The molecule has 0 unspecified atom stereocenters. The summed E-state index contributed by atoms with van der Waals surface area (Å²) in [5.74, 6) is -0.389. The van der Waals surface area contributed by atoms with Gasteiger partial charge in [0.15, 0.2) is 5.69 Å². The molecule has 1 N–H and O–H groups in total. The molecule has 152 valence electrons. The van der Waals surface area contributed by atoms with Gasteiger partial charge in [0.25, 0.3) is 5.91 Å². The Balaban J connectivity index is 1.72. The Morgan fingerprint density at radius 3 is 2.59 bits per heavy atom. The van der Waals surface area contributed by atoms with E-state index in [0.29, 0.717) is 10.8 Å². The largest absolute Gasteiger partial charge is 0.492 e. The lowest BCUT2D eigenvalue weighted by Gasteiger charge is -2.13. The van der Waals surface area contributed by atoms with Crippen LogP contribution in [-0.2, 0) is 6.18 Å². The molecule has 1 aromatic heterocycles. The van der Waals surface area contributed by atoms with Crippen LogP contribution in [0.1, 0.15) is 21.6 Å². The normalized spacial score (nSPS) is 11.3. The highest BCUT2D eigenvalue weighted by atomic mass is 35.5. The van der Waals surface area contributed by atoms with Crippen molar-refractivity contribution in [1.82, 2.24) is 15.1 Å². The highest BCUT2D eigenvalue weighted by molar-refractivity contribution is 6.30. The number of alkyl halides is 3. The maximum Gasteiger partial charge on any atom is 0.434 e. The second-order valence-corrected chi connectivity index (χ2v) is 6.65. The first-order chi connectivity index (χ1) is 13.8. The lowest BCUT2D eigenvalue weighted by Crippen LogP contribution is -2.30. The van der Waals surface area contributed by atoms with Crippen molar-refractivity contribution in [3.05, 3.63) is 76.6 Å². The van der Waals surface area contributed by atoms with E-state index in [9.17, 15) is 18.0 Å². The van der Waals surface area contributed by atoms with Crippen molar-refractivity contribution in [2.75, 3.05) is 13.2 Å². The van der Waals surface area contributed by atoms with Crippen LogP contribution in [0.2, 0.25) is 5.02 Å². The van der Waals surface area contributed by atoms with E-state index in [2.05, 4.69) is 10.4 Å². The van der Waals surface area contributed by atoms with E-state index in [0.717, 1.165) is 16.4 Å². The van der Waals surface area contributed by atoms with Crippen LogP contribution in [0.3, 0.4) is 0 Å². The molecule has 0 saturated carbocycles. The van der Waals surface area contributed by atoms with E-state index in [1.54, 1.807) is 36.4 Å². The van der Waals surface area contributed by atoms with Crippen LogP contribution in [0, 0.1) is 6.92 Å². The number of ether oxygens (including phenoxy) is 1. The minimum Gasteiger partial charge on any atom is -0.492 e. The molecule has 1 heterocycles. The van der Waals surface area contributed by atoms with Crippen LogP contribution in [0.15, 0.2) is 54.7 Å². The van der Waals surface area contributed by atoms with E-state index in [1.165, 1.54) is 12.1 Å². The monoisotopic (exact) mass is 423 g/mol. The Kier molecular flexibility index (Phi) is 6.12. The molecule has 2 aromatic carbocycles. The average molecular weight is 424 g/mol. The fourth-order valence-corrected chi connectivity index (χ4v) is 2.83. The van der Waals surface area contributed by atoms with Gasteiger partial charge in [-0.2, -0.15) is 18.3 Å². The number of carbonyl (C=O) groups excluding carboxylic acids is 1. The second kappa shape index (κ2) is 8.57. The summed E-state index contributed by atoms with van der Waals surface area (Å²) in [6.07, 6.45) is -3.85. The van der Waals surface area contributed by atoms with Crippen molar-refractivity contribution >= 4 is 17.5 Å². The van der Waals surface area contributed by atoms with Gasteiger partial charge in [0, 0.05) is 5.02 Å². The standard InChI is InChI=1S/C20H17ClF3N3O2/c1-13-5-7-15(8-6-13)27-18(20(22,23)24)17(12-26-27)19(28)25-9-10-29-16-4-2-3-14(21)11-16/h2-8,11-12H,9-10H2,1H3,(H,25,28). The molecule has 0 atom stereocenters. The molecule has 0 spiro atoms. The maximum atomic E-state index is 13.6. The summed E-state index contributed by atoms with van der Waals surface area (Å²) in [4.78, 5) is 12.3. The number of aromatic nitrogens is 2. The molecule has 5 nitrogen and oxygen atoms in total. The molecule has 0 radical (unpaired) electrons. The number of rotatable bonds is 6. The van der Waals surface area contributed by atoms with E-state index in [4.69, 9.17) is 16.3 Å². The van der Waals surface area contributed by atoms with Crippen molar-refractivity contribution in [3.8, 4) is 11.4 Å². The van der Waals surface area contributed by atoms with Crippen molar-refractivity contribution in [2.45, 2.75) is 13.1 Å². The van der Waals surface area contributed by atoms with Crippen molar-refractivity contribution in [2.24, 2.45) is 0 Å². The Hall–Kier alpha value is -3.00. The Morgan fingerprint density at radius 1 is 1.21 bits per heavy atom. The zero-order valence-electron chi connectivity index (χ0n) is 15.3. The average Bonchev–Trinajstić information content (AvgIpc) is 3.11. The molecule has 0 aliphatic heterocycles. The number of carbonyl (C=O) groups is 1. The van der Waals surface area contributed by atoms with Gasteiger partial charge in [-0.05, 0) is 37.3 Å². The number of benzene rings is 2. The van der Waals surface area contributed by atoms with Gasteiger partial charge in [0.2, 0.25) is 0 Å². The highest BCUT2D eigenvalue weighted by Crippen LogP contribution is 2.33. The smallest absolute Gasteiger partial charge is 0.434 e. The van der Waals surface area contributed by atoms with E-state index < -0.39 is 23.3 Å². The van der Waals surface area contributed by atoms with Gasteiger partial charge < -0.3 is 10.1 Å². The number of amides is 1. The molecular formula is C20H17ClF3N3O2. The third-order valence-corrected chi connectivity index (χ3v) is 4.25. The van der Waals surface area contributed by atoms with Gasteiger partial charge in [-0.25, -0.2) is 4.68 Å². The third kappa shape index (κ3) is 5.08. The van der Waals surface area contributed by atoms with Crippen LogP contribution in [0.25, 0.3) is 5.69 Å². The molecule has 1 amide bonds. The predicted molar refractivity (Wildman–Crippen MR) is 103 cm³/mol. The van der Waals surface area contributed by atoms with E-state index >= 15 is 0 Å². The first kappa shape index (κ1) is 20.7. The maximum absolute atomic E-state index is 13.6. The lowest BCUT2D eigenvalue weighted by molar-refractivity contribution is -0.143. The van der Waals surface area contributed by atoms with Crippen molar-refractivity contribution in [3.63, 3.8) is 0 Å². The van der Waals surface area contributed by atoms with Gasteiger partial charge in [-0.15, -0.1) is 0 Å². The van der Waals surface area contributed by atoms with Crippen LogP contribution < -0.4 is 10.1 Å². The Morgan fingerprint density at radius 2 is 1.93 bits per heavy atom. The fourth-order valence-electron chi connectivity index (χ4n) is 2.65. The minimum absolute atomic E-state index is 0.0123. The molecule has 3 aromatic rings. The first-order valence-corrected chi connectivity index (χ1v) is 9.02. The molecule has 0 fully saturated rings. The molecule has 9 heteroatoms. The number of nitrogens with one attached hydrogen (secondary N) is 1. The number of aryl methyl sites for hydroxylation is 1. The summed E-state index contributed by atoms with van der Waals surface area (Å²) in [6, 6.07) is 13.0. The Labute approximate surface area is 170 Å². The number of nitrogens with zero attached hydrogens (tertiary/aromatic N) is 2. The van der Waals surface area contributed by atoms with Crippen LogP contribution >= 0.6 is 11.6 Å². The number of halogens is 4. The summed E-state index contributed by atoms with van der Waals surface area (Å²) in [7, 11) is 0. The quantitative estimate of drug-likeness (QED) is 0.586. The van der Waals surface area contributed by atoms with Gasteiger partial charge in [0.05, 0.1) is 24.0 Å². The third-order valence-electron chi connectivity index (χ3n) is 4.01. The Bertz CT molecular complexity index is 1000.